The zero-order valence-corrected chi connectivity index (χ0v) is 8.39. The van der Waals surface area contributed by atoms with E-state index >= 15 is 0 Å². The molecule has 1 saturated heterocycles. The van der Waals surface area contributed by atoms with Gasteiger partial charge >= 0.3 is 0 Å². The predicted octanol–water partition coefficient (Wildman–Crippen LogP) is -0.551. The van der Waals surface area contributed by atoms with Crippen LogP contribution in [0.1, 0.15) is 20.3 Å². The normalized spacial score (nSPS) is 23.4. The van der Waals surface area contributed by atoms with Crippen molar-refractivity contribution in [2.45, 2.75) is 26.3 Å². The molecule has 1 amide bonds. The van der Waals surface area contributed by atoms with E-state index in [1.165, 1.54) is 0 Å². The molecule has 13 heavy (non-hydrogen) atoms. The summed E-state index contributed by atoms with van der Waals surface area (Å²) in [7, 11) is 0. The Morgan fingerprint density at radius 2 is 2.38 bits per heavy atom. The van der Waals surface area contributed by atoms with Crippen LogP contribution in [0.3, 0.4) is 0 Å². The second kappa shape index (κ2) is 4.07. The van der Waals surface area contributed by atoms with Gasteiger partial charge in [0.1, 0.15) is 0 Å². The molecule has 1 unspecified atom stereocenters. The van der Waals surface area contributed by atoms with Gasteiger partial charge < -0.3 is 16.4 Å². The summed E-state index contributed by atoms with van der Waals surface area (Å²) in [5.41, 5.74) is 4.82. The molecule has 0 bridgehead atoms. The van der Waals surface area contributed by atoms with Crippen LogP contribution >= 0.6 is 0 Å². The minimum atomic E-state index is -0.442. The number of hydrogen-bond donors (Lipinski definition) is 3. The molecule has 0 saturated carbocycles. The topological polar surface area (TPSA) is 67.2 Å². The fourth-order valence-corrected chi connectivity index (χ4v) is 1.32. The number of carbonyl (C=O) groups excluding carboxylic acids is 1. The number of amides is 1. The third-order valence-electron chi connectivity index (χ3n) is 2.56. The first kappa shape index (κ1) is 10.5. The summed E-state index contributed by atoms with van der Waals surface area (Å²) < 4.78 is 0. The molecule has 0 aromatic carbocycles. The van der Waals surface area contributed by atoms with Gasteiger partial charge in [-0.05, 0) is 26.8 Å². The summed E-state index contributed by atoms with van der Waals surface area (Å²) in [5.74, 6) is -0.244. The molecule has 76 valence electrons. The Morgan fingerprint density at radius 3 is 2.85 bits per heavy atom. The summed E-state index contributed by atoms with van der Waals surface area (Å²) >= 11 is 0. The van der Waals surface area contributed by atoms with Gasteiger partial charge in [0, 0.05) is 19.1 Å². The number of carbonyl (C=O) groups is 1. The summed E-state index contributed by atoms with van der Waals surface area (Å²) in [5, 5.41) is 6.60. The smallest absolute Gasteiger partial charge is 0.224 e. The fraction of sp³-hybridized carbons (Fsp3) is 0.889. The summed E-state index contributed by atoms with van der Waals surface area (Å²) in [6.07, 6.45) is 1.13. The highest BCUT2D eigenvalue weighted by molar-refractivity contribution is 5.80. The quantitative estimate of drug-likeness (QED) is 0.550. The highest BCUT2D eigenvalue weighted by Crippen LogP contribution is 2.12. The molecule has 4 nitrogen and oxygen atoms in total. The highest BCUT2D eigenvalue weighted by Gasteiger charge is 2.26. The number of nitrogens with one attached hydrogen (secondary N) is 2. The molecule has 1 aliphatic rings. The van der Waals surface area contributed by atoms with Crippen molar-refractivity contribution < 1.29 is 4.79 Å². The second-order valence-corrected chi connectivity index (χ2v) is 4.32. The number of primary amides is 1. The predicted molar refractivity (Wildman–Crippen MR) is 52.3 cm³/mol. The van der Waals surface area contributed by atoms with Crippen molar-refractivity contribution in [1.82, 2.24) is 10.6 Å². The molecule has 0 spiro atoms. The number of rotatable bonds is 4. The average molecular weight is 185 g/mol. The first-order chi connectivity index (χ1) is 6.02. The van der Waals surface area contributed by atoms with E-state index in [1.54, 1.807) is 0 Å². The molecule has 0 radical (unpaired) electrons. The minimum Gasteiger partial charge on any atom is -0.369 e. The zero-order valence-electron chi connectivity index (χ0n) is 8.39. The first-order valence-corrected chi connectivity index (χ1v) is 4.76. The van der Waals surface area contributed by atoms with Crippen LogP contribution in [0.2, 0.25) is 0 Å². The van der Waals surface area contributed by atoms with E-state index in [9.17, 15) is 4.79 Å². The van der Waals surface area contributed by atoms with E-state index in [4.69, 9.17) is 5.73 Å². The van der Waals surface area contributed by atoms with Crippen LogP contribution in [0.5, 0.6) is 0 Å². The molecule has 1 rings (SSSR count). The first-order valence-electron chi connectivity index (χ1n) is 4.76. The largest absolute Gasteiger partial charge is 0.369 e. The Balaban J connectivity index is 2.28. The molecular formula is C9H19N3O. The molecule has 0 aromatic rings. The van der Waals surface area contributed by atoms with Crippen molar-refractivity contribution >= 4 is 5.91 Å². The lowest BCUT2D eigenvalue weighted by molar-refractivity contribution is -0.125. The molecule has 0 aromatic heterocycles. The standard InChI is InChI=1S/C9H19N3O/c1-9(2,8(10)13)6-12-7-3-4-11-5-7/h7,11-12H,3-6H2,1-2H3,(H2,10,13). The van der Waals surface area contributed by atoms with Gasteiger partial charge in [0.2, 0.25) is 5.91 Å². The van der Waals surface area contributed by atoms with Crippen LogP contribution in [0.4, 0.5) is 0 Å². The summed E-state index contributed by atoms with van der Waals surface area (Å²) in [6.45, 7) is 6.45. The van der Waals surface area contributed by atoms with Gasteiger partial charge in [0.15, 0.2) is 0 Å². The molecule has 4 heteroatoms. The van der Waals surface area contributed by atoms with Crippen molar-refractivity contribution in [2.24, 2.45) is 11.1 Å². The maximum absolute atomic E-state index is 11.0. The molecule has 1 fully saturated rings. The second-order valence-electron chi connectivity index (χ2n) is 4.32. The number of nitrogens with two attached hydrogens (primary N) is 1. The molecular weight excluding hydrogens is 166 g/mol. The van der Waals surface area contributed by atoms with Gasteiger partial charge in [-0.1, -0.05) is 0 Å². The Kier molecular flexibility index (Phi) is 3.27. The van der Waals surface area contributed by atoms with E-state index < -0.39 is 5.41 Å². The minimum absolute atomic E-state index is 0.244. The van der Waals surface area contributed by atoms with Crippen LogP contribution in [-0.2, 0) is 4.79 Å². The van der Waals surface area contributed by atoms with Crippen LogP contribution in [-0.4, -0.2) is 31.6 Å². The zero-order chi connectivity index (χ0) is 9.90. The Hall–Kier alpha value is -0.610. The van der Waals surface area contributed by atoms with E-state index in [2.05, 4.69) is 10.6 Å². The lowest BCUT2D eigenvalue weighted by Crippen LogP contribution is -2.44. The van der Waals surface area contributed by atoms with Crippen molar-refractivity contribution in [3.05, 3.63) is 0 Å². The van der Waals surface area contributed by atoms with E-state index in [1.807, 2.05) is 13.8 Å². The summed E-state index contributed by atoms with van der Waals surface area (Å²) in [4.78, 5) is 11.0. The Morgan fingerprint density at radius 1 is 1.69 bits per heavy atom. The van der Waals surface area contributed by atoms with Crippen molar-refractivity contribution in [2.75, 3.05) is 19.6 Å². The van der Waals surface area contributed by atoms with E-state index in [0.29, 0.717) is 12.6 Å². The average Bonchev–Trinajstić information content (AvgIpc) is 2.52. The van der Waals surface area contributed by atoms with Gasteiger partial charge in [0.05, 0.1) is 5.41 Å². The van der Waals surface area contributed by atoms with E-state index in [0.717, 1.165) is 19.5 Å². The van der Waals surface area contributed by atoms with Crippen LogP contribution in [0.25, 0.3) is 0 Å². The van der Waals surface area contributed by atoms with Crippen LogP contribution in [0, 0.1) is 5.41 Å². The third kappa shape index (κ3) is 2.97. The van der Waals surface area contributed by atoms with Gasteiger partial charge in [-0.2, -0.15) is 0 Å². The van der Waals surface area contributed by atoms with Gasteiger partial charge in [0.25, 0.3) is 0 Å². The Bertz CT molecular complexity index is 185. The van der Waals surface area contributed by atoms with Crippen molar-refractivity contribution in [3.63, 3.8) is 0 Å². The maximum Gasteiger partial charge on any atom is 0.224 e. The molecule has 1 atom stereocenters. The lowest BCUT2D eigenvalue weighted by atomic mass is 9.92. The Labute approximate surface area is 79.3 Å². The molecule has 1 heterocycles. The lowest BCUT2D eigenvalue weighted by Gasteiger charge is -2.23. The van der Waals surface area contributed by atoms with Crippen LogP contribution in [0.15, 0.2) is 0 Å². The maximum atomic E-state index is 11.0. The van der Waals surface area contributed by atoms with Crippen LogP contribution < -0.4 is 16.4 Å². The molecule has 1 aliphatic heterocycles. The van der Waals surface area contributed by atoms with Gasteiger partial charge in [-0.25, -0.2) is 0 Å². The number of hydrogen-bond acceptors (Lipinski definition) is 3. The van der Waals surface area contributed by atoms with E-state index in [-0.39, 0.29) is 5.91 Å². The third-order valence-corrected chi connectivity index (χ3v) is 2.56. The molecule has 4 N–H and O–H groups in total. The van der Waals surface area contributed by atoms with Gasteiger partial charge in [-0.3, -0.25) is 4.79 Å². The SMILES string of the molecule is CC(C)(CNC1CCNC1)C(N)=O. The van der Waals surface area contributed by atoms with Crippen molar-refractivity contribution in [1.29, 1.82) is 0 Å². The fourth-order valence-electron chi connectivity index (χ4n) is 1.32. The molecule has 0 aliphatic carbocycles. The van der Waals surface area contributed by atoms with Crippen molar-refractivity contribution in [3.8, 4) is 0 Å². The monoisotopic (exact) mass is 185 g/mol. The summed E-state index contributed by atoms with van der Waals surface area (Å²) in [6, 6.07) is 0.499. The van der Waals surface area contributed by atoms with Gasteiger partial charge in [-0.15, -0.1) is 0 Å². The highest BCUT2D eigenvalue weighted by atomic mass is 16.1.